The van der Waals surface area contributed by atoms with Crippen molar-refractivity contribution in [1.29, 1.82) is 0 Å². The maximum atomic E-state index is 11.5. The second-order valence-electron chi connectivity index (χ2n) is 4.02. The molecule has 0 aliphatic rings. The standard InChI is InChI=1S/C14H11N3O2/c1-19-14(18)10-5-6-13-16-12(9-17(13)8-10)11-4-2-3-7-15-11/h2-9H,1H3. The third kappa shape index (κ3) is 2.06. The smallest absolute Gasteiger partial charge is 0.339 e. The van der Waals surface area contributed by atoms with Crippen LogP contribution in [0.3, 0.4) is 0 Å². The maximum absolute atomic E-state index is 11.5. The number of nitrogens with zero attached hydrogens (tertiary/aromatic N) is 3. The highest BCUT2D eigenvalue weighted by atomic mass is 16.5. The van der Waals surface area contributed by atoms with Crippen LogP contribution >= 0.6 is 0 Å². The number of methoxy groups -OCH3 is 1. The first-order valence-corrected chi connectivity index (χ1v) is 5.76. The van der Waals surface area contributed by atoms with Gasteiger partial charge < -0.3 is 9.14 Å². The average Bonchev–Trinajstić information content (AvgIpc) is 2.90. The lowest BCUT2D eigenvalue weighted by Gasteiger charge is -1.99. The number of pyridine rings is 2. The van der Waals surface area contributed by atoms with Gasteiger partial charge in [0.2, 0.25) is 0 Å². The molecule has 0 amide bonds. The van der Waals surface area contributed by atoms with Crippen molar-refractivity contribution in [2.45, 2.75) is 0 Å². The Kier molecular flexibility index (Phi) is 2.72. The number of carbonyl (C=O) groups is 1. The van der Waals surface area contributed by atoms with E-state index in [1.807, 2.05) is 24.4 Å². The Labute approximate surface area is 109 Å². The van der Waals surface area contributed by atoms with Gasteiger partial charge in [0.25, 0.3) is 0 Å². The van der Waals surface area contributed by atoms with E-state index < -0.39 is 0 Å². The molecule has 0 unspecified atom stereocenters. The fourth-order valence-corrected chi connectivity index (χ4v) is 1.87. The number of carbonyl (C=O) groups excluding carboxylic acids is 1. The van der Waals surface area contributed by atoms with E-state index in [0.29, 0.717) is 5.56 Å². The molecule has 0 aliphatic heterocycles. The zero-order chi connectivity index (χ0) is 13.2. The van der Waals surface area contributed by atoms with Crippen LogP contribution in [-0.4, -0.2) is 27.4 Å². The molecule has 3 rings (SSSR count). The number of hydrogen-bond acceptors (Lipinski definition) is 4. The van der Waals surface area contributed by atoms with Crippen LogP contribution in [0.25, 0.3) is 17.0 Å². The number of esters is 1. The summed E-state index contributed by atoms with van der Waals surface area (Å²) >= 11 is 0. The van der Waals surface area contributed by atoms with Crippen molar-refractivity contribution < 1.29 is 9.53 Å². The van der Waals surface area contributed by atoms with Crippen molar-refractivity contribution in [2.24, 2.45) is 0 Å². The van der Waals surface area contributed by atoms with Crippen LogP contribution in [0.4, 0.5) is 0 Å². The molecule has 19 heavy (non-hydrogen) atoms. The normalized spacial score (nSPS) is 10.6. The molecule has 0 spiro atoms. The highest BCUT2D eigenvalue weighted by molar-refractivity contribution is 5.89. The van der Waals surface area contributed by atoms with Gasteiger partial charge in [0, 0.05) is 18.6 Å². The summed E-state index contributed by atoms with van der Waals surface area (Å²) in [5.74, 6) is -0.366. The minimum atomic E-state index is -0.366. The van der Waals surface area contributed by atoms with Crippen molar-refractivity contribution in [1.82, 2.24) is 14.4 Å². The molecule has 0 saturated carbocycles. The number of imidazole rings is 1. The topological polar surface area (TPSA) is 56.5 Å². The van der Waals surface area contributed by atoms with E-state index in [9.17, 15) is 4.79 Å². The number of ether oxygens (including phenoxy) is 1. The van der Waals surface area contributed by atoms with Crippen LogP contribution in [0, 0.1) is 0 Å². The van der Waals surface area contributed by atoms with Gasteiger partial charge in [0.15, 0.2) is 0 Å². The molecule has 3 aromatic heterocycles. The van der Waals surface area contributed by atoms with Crippen molar-refractivity contribution >= 4 is 11.6 Å². The minimum Gasteiger partial charge on any atom is -0.465 e. The Hall–Kier alpha value is -2.69. The van der Waals surface area contributed by atoms with Gasteiger partial charge in [0.1, 0.15) is 11.3 Å². The number of aromatic nitrogens is 3. The molecule has 0 N–H and O–H groups in total. The third-order valence-corrected chi connectivity index (χ3v) is 2.80. The van der Waals surface area contributed by atoms with E-state index in [1.165, 1.54) is 7.11 Å². The van der Waals surface area contributed by atoms with Gasteiger partial charge in [-0.15, -0.1) is 0 Å². The van der Waals surface area contributed by atoms with Crippen molar-refractivity contribution in [2.75, 3.05) is 7.11 Å². The van der Waals surface area contributed by atoms with Crippen LogP contribution in [0.1, 0.15) is 10.4 Å². The average molecular weight is 253 g/mol. The Morgan fingerprint density at radius 1 is 1.16 bits per heavy atom. The number of hydrogen-bond donors (Lipinski definition) is 0. The molecule has 5 heteroatoms. The lowest BCUT2D eigenvalue weighted by Crippen LogP contribution is -2.02. The molecule has 0 aromatic carbocycles. The first-order chi connectivity index (χ1) is 9.28. The first kappa shape index (κ1) is 11.4. The summed E-state index contributed by atoms with van der Waals surface area (Å²) in [6.07, 6.45) is 5.25. The highest BCUT2D eigenvalue weighted by Gasteiger charge is 2.09. The van der Waals surface area contributed by atoms with Crippen LogP contribution in [-0.2, 0) is 4.74 Å². The van der Waals surface area contributed by atoms with Crippen molar-refractivity contribution in [3.63, 3.8) is 0 Å². The molecule has 0 aliphatic carbocycles. The molecule has 3 heterocycles. The maximum Gasteiger partial charge on any atom is 0.339 e. The molecule has 0 radical (unpaired) electrons. The predicted molar refractivity (Wildman–Crippen MR) is 69.8 cm³/mol. The van der Waals surface area contributed by atoms with Gasteiger partial charge in [-0.2, -0.15) is 0 Å². The quantitative estimate of drug-likeness (QED) is 0.657. The molecule has 0 fully saturated rings. The molecule has 0 bridgehead atoms. The summed E-state index contributed by atoms with van der Waals surface area (Å²) in [6.45, 7) is 0. The number of fused-ring (bicyclic) bond motifs is 1. The van der Waals surface area contributed by atoms with Crippen LogP contribution in [0.2, 0.25) is 0 Å². The van der Waals surface area contributed by atoms with E-state index in [4.69, 9.17) is 4.74 Å². The van der Waals surface area contributed by atoms with E-state index in [2.05, 4.69) is 9.97 Å². The van der Waals surface area contributed by atoms with E-state index in [1.54, 1.807) is 28.9 Å². The zero-order valence-corrected chi connectivity index (χ0v) is 10.3. The van der Waals surface area contributed by atoms with Gasteiger partial charge in [0.05, 0.1) is 18.4 Å². The van der Waals surface area contributed by atoms with Crippen molar-refractivity contribution in [3.05, 3.63) is 54.5 Å². The fraction of sp³-hybridized carbons (Fsp3) is 0.0714. The summed E-state index contributed by atoms with van der Waals surface area (Å²) < 4.78 is 6.48. The molecule has 5 nitrogen and oxygen atoms in total. The van der Waals surface area contributed by atoms with Gasteiger partial charge in [-0.1, -0.05) is 6.07 Å². The monoisotopic (exact) mass is 253 g/mol. The summed E-state index contributed by atoms with van der Waals surface area (Å²) in [6, 6.07) is 9.12. The summed E-state index contributed by atoms with van der Waals surface area (Å²) in [4.78, 5) is 20.2. The van der Waals surface area contributed by atoms with Crippen LogP contribution < -0.4 is 0 Å². The zero-order valence-electron chi connectivity index (χ0n) is 10.3. The molecule has 0 saturated heterocycles. The number of rotatable bonds is 2. The lowest BCUT2D eigenvalue weighted by atomic mass is 10.3. The fourth-order valence-electron chi connectivity index (χ4n) is 1.87. The van der Waals surface area contributed by atoms with E-state index >= 15 is 0 Å². The summed E-state index contributed by atoms with van der Waals surface area (Å²) in [5.41, 5.74) is 2.81. The Bertz CT molecular complexity index is 735. The van der Waals surface area contributed by atoms with Crippen molar-refractivity contribution in [3.8, 4) is 11.4 Å². The van der Waals surface area contributed by atoms with E-state index in [0.717, 1.165) is 17.0 Å². The Morgan fingerprint density at radius 2 is 2.05 bits per heavy atom. The minimum absolute atomic E-state index is 0.366. The largest absolute Gasteiger partial charge is 0.465 e. The van der Waals surface area contributed by atoms with Gasteiger partial charge in [-0.25, -0.2) is 9.78 Å². The third-order valence-electron chi connectivity index (χ3n) is 2.80. The highest BCUT2D eigenvalue weighted by Crippen LogP contribution is 2.17. The second-order valence-corrected chi connectivity index (χ2v) is 4.02. The summed E-state index contributed by atoms with van der Waals surface area (Å²) in [5, 5.41) is 0. The SMILES string of the molecule is COC(=O)c1ccc2nc(-c3ccccn3)cn2c1. The van der Waals surface area contributed by atoms with E-state index in [-0.39, 0.29) is 5.97 Å². The molecular weight excluding hydrogens is 242 g/mol. The Morgan fingerprint density at radius 3 is 2.79 bits per heavy atom. The summed E-state index contributed by atoms with van der Waals surface area (Å²) in [7, 11) is 1.36. The molecule has 94 valence electrons. The van der Waals surface area contributed by atoms with Crippen LogP contribution in [0.5, 0.6) is 0 Å². The van der Waals surface area contributed by atoms with Gasteiger partial charge in [-0.3, -0.25) is 4.98 Å². The van der Waals surface area contributed by atoms with Gasteiger partial charge in [-0.05, 0) is 24.3 Å². The first-order valence-electron chi connectivity index (χ1n) is 5.76. The predicted octanol–water partition coefficient (Wildman–Crippen LogP) is 2.18. The molecule has 0 atom stereocenters. The van der Waals surface area contributed by atoms with Crippen LogP contribution in [0.15, 0.2) is 48.9 Å². The molecular formula is C14H11N3O2. The second kappa shape index (κ2) is 4.53. The lowest BCUT2D eigenvalue weighted by molar-refractivity contribution is 0.0600. The Balaban J connectivity index is 2.09. The molecule has 3 aromatic rings. The van der Waals surface area contributed by atoms with Gasteiger partial charge >= 0.3 is 5.97 Å².